The summed E-state index contributed by atoms with van der Waals surface area (Å²) in [6, 6.07) is 17.2. The number of para-hydroxylation sites is 3. The molecule has 6 heteroatoms. The Balaban J connectivity index is 1.74. The molecule has 0 aliphatic carbocycles. The molecule has 0 spiro atoms. The monoisotopic (exact) mass is 402 g/mol. The van der Waals surface area contributed by atoms with E-state index in [2.05, 4.69) is 6.92 Å². The molecule has 30 heavy (non-hydrogen) atoms. The second-order valence-electron chi connectivity index (χ2n) is 7.37. The molecule has 0 saturated carbocycles. The van der Waals surface area contributed by atoms with Gasteiger partial charge < -0.3 is 10.5 Å². The fraction of sp³-hybridized carbons (Fsp3) is 0.292. The number of hydrogen-bond acceptors (Lipinski definition) is 5. The minimum Gasteiger partial charge on any atom is -0.462 e. The molecule has 0 radical (unpaired) electrons. The Labute approximate surface area is 175 Å². The molecule has 2 heterocycles. The number of rotatable bonds is 8. The molecule has 154 valence electrons. The summed E-state index contributed by atoms with van der Waals surface area (Å²) >= 11 is 0. The molecule has 0 amide bonds. The third-order valence-corrected chi connectivity index (χ3v) is 5.20. The first-order valence-corrected chi connectivity index (χ1v) is 10.5. The maximum absolute atomic E-state index is 13.0. The van der Waals surface area contributed by atoms with Crippen LogP contribution in [0.2, 0.25) is 0 Å². The maximum atomic E-state index is 13.0. The van der Waals surface area contributed by atoms with Gasteiger partial charge in [0, 0.05) is 5.69 Å². The van der Waals surface area contributed by atoms with Crippen molar-refractivity contribution in [3.63, 3.8) is 0 Å². The van der Waals surface area contributed by atoms with Crippen LogP contribution in [0.15, 0.2) is 54.6 Å². The van der Waals surface area contributed by atoms with Crippen molar-refractivity contribution >= 4 is 34.0 Å². The molecule has 0 atom stereocenters. The second-order valence-corrected chi connectivity index (χ2v) is 7.37. The molecule has 0 unspecified atom stereocenters. The van der Waals surface area contributed by atoms with E-state index in [4.69, 9.17) is 20.4 Å². The molecular formula is C24H26N4O2. The lowest BCUT2D eigenvalue weighted by Gasteiger charge is -2.08. The van der Waals surface area contributed by atoms with Crippen LogP contribution < -0.4 is 5.73 Å². The van der Waals surface area contributed by atoms with E-state index in [1.54, 1.807) is 4.57 Å². The van der Waals surface area contributed by atoms with E-state index in [-0.39, 0.29) is 5.56 Å². The predicted octanol–water partition coefficient (Wildman–Crippen LogP) is 5.28. The van der Waals surface area contributed by atoms with Gasteiger partial charge in [0.15, 0.2) is 5.65 Å². The Morgan fingerprint density at radius 3 is 2.33 bits per heavy atom. The first kappa shape index (κ1) is 19.9. The smallest absolute Gasteiger partial charge is 0.344 e. The summed E-state index contributed by atoms with van der Waals surface area (Å²) < 4.78 is 7.33. The number of nitrogen functional groups attached to an aromatic ring is 1. The minimum absolute atomic E-state index is 0.278. The Morgan fingerprint density at radius 2 is 1.60 bits per heavy atom. The van der Waals surface area contributed by atoms with Crippen molar-refractivity contribution in [1.82, 2.24) is 14.5 Å². The maximum Gasteiger partial charge on any atom is 0.344 e. The number of unbranched alkanes of at least 4 members (excludes halogenated alkanes) is 4. The Hall–Kier alpha value is -3.41. The molecule has 0 aliphatic rings. The molecule has 6 nitrogen and oxygen atoms in total. The number of nitrogens with zero attached hydrogens (tertiary/aromatic N) is 3. The van der Waals surface area contributed by atoms with Gasteiger partial charge in [-0.05, 0) is 30.7 Å². The van der Waals surface area contributed by atoms with Crippen molar-refractivity contribution < 1.29 is 9.53 Å². The first-order chi connectivity index (χ1) is 14.7. The molecule has 0 bridgehead atoms. The van der Waals surface area contributed by atoms with Crippen LogP contribution in [-0.2, 0) is 4.74 Å². The van der Waals surface area contributed by atoms with Crippen molar-refractivity contribution in [2.45, 2.75) is 39.0 Å². The van der Waals surface area contributed by atoms with Gasteiger partial charge >= 0.3 is 5.97 Å². The summed E-state index contributed by atoms with van der Waals surface area (Å²) in [5.41, 5.74) is 10.0. The van der Waals surface area contributed by atoms with E-state index in [1.165, 1.54) is 12.8 Å². The Kier molecular flexibility index (Phi) is 5.93. The number of nitrogens with two attached hydrogens (primary N) is 1. The van der Waals surface area contributed by atoms with Crippen molar-refractivity contribution in [3.05, 3.63) is 60.2 Å². The molecule has 0 fully saturated rings. The number of esters is 1. The van der Waals surface area contributed by atoms with E-state index in [0.29, 0.717) is 29.1 Å². The fourth-order valence-electron chi connectivity index (χ4n) is 3.64. The molecule has 2 N–H and O–H groups in total. The van der Waals surface area contributed by atoms with Crippen LogP contribution in [-0.4, -0.2) is 27.1 Å². The normalized spacial score (nSPS) is 11.2. The van der Waals surface area contributed by atoms with Gasteiger partial charge in [0.1, 0.15) is 16.9 Å². The van der Waals surface area contributed by atoms with Gasteiger partial charge in [-0.25, -0.2) is 14.8 Å². The number of anilines is 1. The molecule has 0 aliphatic heterocycles. The zero-order chi connectivity index (χ0) is 20.9. The molecular weight excluding hydrogens is 376 g/mol. The van der Waals surface area contributed by atoms with Gasteiger partial charge in [0.2, 0.25) is 0 Å². The third kappa shape index (κ3) is 3.85. The highest BCUT2D eigenvalue weighted by Gasteiger charge is 2.25. The lowest BCUT2D eigenvalue weighted by molar-refractivity contribution is 0.0501. The van der Waals surface area contributed by atoms with Crippen LogP contribution in [0.5, 0.6) is 0 Å². The zero-order valence-corrected chi connectivity index (χ0v) is 17.2. The van der Waals surface area contributed by atoms with Gasteiger partial charge in [0.05, 0.1) is 17.6 Å². The van der Waals surface area contributed by atoms with Crippen molar-refractivity contribution in [2.75, 3.05) is 12.3 Å². The number of benzene rings is 2. The summed E-state index contributed by atoms with van der Waals surface area (Å²) in [5.74, 6) is -0.158. The van der Waals surface area contributed by atoms with Crippen LogP contribution in [0.25, 0.3) is 27.9 Å². The number of aromatic nitrogens is 3. The van der Waals surface area contributed by atoms with Crippen LogP contribution >= 0.6 is 0 Å². The summed E-state index contributed by atoms with van der Waals surface area (Å²) in [6.07, 6.45) is 5.43. The molecule has 4 rings (SSSR count). The standard InChI is InChI=1S/C24H26N4O2/c1-2-3-4-5-11-16-30-24(29)20-21-23(27-19-15-10-9-14-18(19)26-21)28(22(20)25)17-12-7-6-8-13-17/h6-10,12-15H,2-5,11,16,25H2,1H3. The highest BCUT2D eigenvalue weighted by Crippen LogP contribution is 2.31. The van der Waals surface area contributed by atoms with E-state index in [1.807, 2.05) is 54.6 Å². The molecule has 4 aromatic rings. The summed E-state index contributed by atoms with van der Waals surface area (Å²) in [7, 11) is 0. The summed E-state index contributed by atoms with van der Waals surface area (Å²) in [5, 5.41) is 0. The van der Waals surface area contributed by atoms with Gasteiger partial charge in [-0.1, -0.05) is 62.9 Å². The topological polar surface area (TPSA) is 83.0 Å². The minimum atomic E-state index is -0.452. The van der Waals surface area contributed by atoms with E-state index >= 15 is 0 Å². The highest BCUT2D eigenvalue weighted by molar-refractivity contribution is 6.09. The van der Waals surface area contributed by atoms with Crippen molar-refractivity contribution in [2.24, 2.45) is 0 Å². The van der Waals surface area contributed by atoms with Crippen LogP contribution in [0.4, 0.5) is 5.82 Å². The van der Waals surface area contributed by atoms with E-state index < -0.39 is 5.97 Å². The van der Waals surface area contributed by atoms with E-state index in [0.717, 1.165) is 30.5 Å². The summed E-state index contributed by atoms with van der Waals surface area (Å²) in [6.45, 7) is 2.55. The SMILES string of the molecule is CCCCCCCOC(=O)c1c(N)n(-c2ccccc2)c2nc3ccccc3nc12. The van der Waals surface area contributed by atoms with E-state index in [9.17, 15) is 4.79 Å². The number of carbonyl (C=O) groups is 1. The largest absolute Gasteiger partial charge is 0.462 e. The summed E-state index contributed by atoms with van der Waals surface area (Å²) in [4.78, 5) is 22.4. The zero-order valence-electron chi connectivity index (χ0n) is 17.2. The van der Waals surface area contributed by atoms with Gasteiger partial charge in [-0.15, -0.1) is 0 Å². The number of ether oxygens (including phenoxy) is 1. The third-order valence-electron chi connectivity index (χ3n) is 5.20. The molecule has 2 aromatic carbocycles. The Bertz CT molecular complexity index is 1170. The van der Waals surface area contributed by atoms with Crippen LogP contribution in [0, 0.1) is 0 Å². The lowest BCUT2D eigenvalue weighted by Crippen LogP contribution is -2.10. The van der Waals surface area contributed by atoms with Gasteiger partial charge in [-0.2, -0.15) is 0 Å². The van der Waals surface area contributed by atoms with Gasteiger partial charge in [0.25, 0.3) is 0 Å². The number of carbonyl (C=O) groups excluding carboxylic acids is 1. The van der Waals surface area contributed by atoms with Crippen molar-refractivity contribution in [3.8, 4) is 5.69 Å². The van der Waals surface area contributed by atoms with Gasteiger partial charge in [-0.3, -0.25) is 4.57 Å². The lowest BCUT2D eigenvalue weighted by atomic mass is 10.2. The average molecular weight is 402 g/mol. The highest BCUT2D eigenvalue weighted by atomic mass is 16.5. The average Bonchev–Trinajstić information content (AvgIpc) is 3.05. The Morgan fingerprint density at radius 1 is 0.933 bits per heavy atom. The van der Waals surface area contributed by atoms with Crippen LogP contribution in [0.3, 0.4) is 0 Å². The fourth-order valence-corrected chi connectivity index (χ4v) is 3.64. The number of hydrogen-bond donors (Lipinski definition) is 1. The molecule has 2 aromatic heterocycles. The number of fused-ring (bicyclic) bond motifs is 2. The predicted molar refractivity (Wildman–Crippen MR) is 120 cm³/mol. The quantitative estimate of drug-likeness (QED) is 0.320. The first-order valence-electron chi connectivity index (χ1n) is 10.5. The second kappa shape index (κ2) is 8.95. The van der Waals surface area contributed by atoms with Crippen LogP contribution in [0.1, 0.15) is 49.4 Å². The molecule has 0 saturated heterocycles. The van der Waals surface area contributed by atoms with Crippen molar-refractivity contribution in [1.29, 1.82) is 0 Å².